The van der Waals surface area contributed by atoms with Crippen LogP contribution < -0.4 is 5.32 Å². The van der Waals surface area contributed by atoms with E-state index in [1.807, 2.05) is 25.1 Å². The third-order valence-electron chi connectivity index (χ3n) is 4.60. The number of carbonyl (C=O) groups excluding carboxylic acids is 1. The number of amides is 1. The van der Waals surface area contributed by atoms with E-state index in [1.54, 1.807) is 26.0 Å². The molecular formula is C21H28N2O3S. The first-order valence-corrected chi connectivity index (χ1v) is 10.7. The zero-order valence-corrected chi connectivity index (χ0v) is 17.4. The van der Waals surface area contributed by atoms with Crippen molar-refractivity contribution in [2.45, 2.75) is 45.4 Å². The van der Waals surface area contributed by atoms with Crippen molar-refractivity contribution in [1.82, 2.24) is 4.31 Å². The summed E-state index contributed by atoms with van der Waals surface area (Å²) < 4.78 is 26.8. The average Bonchev–Trinajstić information content (AvgIpc) is 2.64. The highest BCUT2D eigenvalue weighted by Crippen LogP contribution is 2.28. The maximum Gasteiger partial charge on any atom is 0.255 e. The summed E-state index contributed by atoms with van der Waals surface area (Å²) in [5.41, 5.74) is 3.13. The van der Waals surface area contributed by atoms with Crippen LogP contribution in [0.15, 0.2) is 47.4 Å². The van der Waals surface area contributed by atoms with Crippen molar-refractivity contribution in [3.8, 4) is 0 Å². The van der Waals surface area contributed by atoms with Crippen molar-refractivity contribution in [2.24, 2.45) is 0 Å². The second-order valence-corrected chi connectivity index (χ2v) is 8.70. The van der Waals surface area contributed by atoms with Crippen LogP contribution in [-0.2, 0) is 10.0 Å². The molecule has 0 radical (unpaired) electrons. The molecule has 2 aromatic carbocycles. The number of para-hydroxylation sites is 1. The van der Waals surface area contributed by atoms with E-state index >= 15 is 0 Å². The second-order valence-electron chi connectivity index (χ2n) is 6.77. The van der Waals surface area contributed by atoms with Gasteiger partial charge in [-0.15, -0.1) is 0 Å². The molecule has 146 valence electrons. The summed E-state index contributed by atoms with van der Waals surface area (Å²) in [6.45, 7) is 10.4. The van der Waals surface area contributed by atoms with Gasteiger partial charge in [-0.25, -0.2) is 8.42 Å². The van der Waals surface area contributed by atoms with Crippen LogP contribution in [0.25, 0.3) is 0 Å². The van der Waals surface area contributed by atoms with Crippen molar-refractivity contribution in [1.29, 1.82) is 0 Å². The van der Waals surface area contributed by atoms with Crippen molar-refractivity contribution < 1.29 is 13.2 Å². The van der Waals surface area contributed by atoms with Crippen molar-refractivity contribution >= 4 is 21.6 Å². The molecule has 0 fully saturated rings. The molecule has 6 heteroatoms. The molecule has 0 atom stereocenters. The minimum absolute atomic E-state index is 0.132. The molecule has 0 aliphatic rings. The number of aryl methyl sites for hydroxylation is 1. The third kappa shape index (κ3) is 4.57. The van der Waals surface area contributed by atoms with Gasteiger partial charge in [0.05, 0.1) is 4.90 Å². The molecule has 0 bridgehead atoms. The fourth-order valence-electron chi connectivity index (χ4n) is 3.04. The highest BCUT2D eigenvalue weighted by molar-refractivity contribution is 7.89. The Kier molecular flexibility index (Phi) is 6.78. The van der Waals surface area contributed by atoms with E-state index < -0.39 is 10.0 Å². The Balaban J connectivity index is 2.38. The Bertz CT molecular complexity index is 917. The van der Waals surface area contributed by atoms with E-state index in [1.165, 1.54) is 16.4 Å². The second kappa shape index (κ2) is 8.67. The number of nitrogens with one attached hydrogen (secondary N) is 1. The first kappa shape index (κ1) is 21.1. The summed E-state index contributed by atoms with van der Waals surface area (Å²) in [6.07, 6.45) is 0. The molecule has 0 heterocycles. The predicted octanol–water partition coefficient (Wildman–Crippen LogP) is 4.40. The largest absolute Gasteiger partial charge is 0.321 e. The Hall–Kier alpha value is -2.18. The first-order chi connectivity index (χ1) is 12.7. The first-order valence-electron chi connectivity index (χ1n) is 9.23. The molecule has 2 aromatic rings. The molecule has 2 rings (SSSR count). The van der Waals surface area contributed by atoms with Gasteiger partial charge in [0.15, 0.2) is 0 Å². The van der Waals surface area contributed by atoms with Gasteiger partial charge in [-0.1, -0.05) is 52.0 Å². The maximum absolute atomic E-state index is 12.8. The summed E-state index contributed by atoms with van der Waals surface area (Å²) in [6, 6.07) is 12.1. The van der Waals surface area contributed by atoms with Crippen LogP contribution >= 0.6 is 0 Å². The number of rotatable bonds is 7. The Morgan fingerprint density at radius 3 is 2.30 bits per heavy atom. The van der Waals surface area contributed by atoms with Crippen LogP contribution in [0.3, 0.4) is 0 Å². The van der Waals surface area contributed by atoms with Crippen LogP contribution in [0.5, 0.6) is 0 Å². The van der Waals surface area contributed by atoms with Crippen molar-refractivity contribution in [2.75, 3.05) is 18.4 Å². The van der Waals surface area contributed by atoms with Crippen LogP contribution in [0.1, 0.15) is 55.1 Å². The molecular weight excluding hydrogens is 360 g/mol. The summed E-state index contributed by atoms with van der Waals surface area (Å²) in [4.78, 5) is 12.9. The van der Waals surface area contributed by atoms with Crippen LogP contribution in [-0.4, -0.2) is 31.7 Å². The Morgan fingerprint density at radius 2 is 1.70 bits per heavy atom. The molecule has 1 amide bonds. The van der Waals surface area contributed by atoms with E-state index in [0.717, 1.165) is 16.8 Å². The minimum Gasteiger partial charge on any atom is -0.321 e. The zero-order valence-electron chi connectivity index (χ0n) is 16.6. The van der Waals surface area contributed by atoms with Crippen LogP contribution in [0.2, 0.25) is 0 Å². The Labute approximate surface area is 162 Å². The molecule has 0 saturated heterocycles. The van der Waals surface area contributed by atoms with Gasteiger partial charge in [0.2, 0.25) is 10.0 Å². The topological polar surface area (TPSA) is 66.5 Å². The average molecular weight is 389 g/mol. The quantitative estimate of drug-likeness (QED) is 0.764. The normalized spacial score (nSPS) is 11.8. The number of sulfonamides is 1. The van der Waals surface area contributed by atoms with Crippen molar-refractivity contribution in [3.05, 3.63) is 59.2 Å². The molecule has 0 unspecified atom stereocenters. The summed E-state index contributed by atoms with van der Waals surface area (Å²) in [7, 11) is -3.61. The van der Waals surface area contributed by atoms with E-state index in [-0.39, 0.29) is 16.7 Å². The fraction of sp³-hybridized carbons (Fsp3) is 0.381. The lowest BCUT2D eigenvalue weighted by molar-refractivity contribution is 0.102. The monoisotopic (exact) mass is 388 g/mol. The van der Waals surface area contributed by atoms with Gasteiger partial charge in [-0.2, -0.15) is 4.31 Å². The van der Waals surface area contributed by atoms with Gasteiger partial charge in [-0.05, 0) is 42.2 Å². The van der Waals surface area contributed by atoms with E-state index in [0.29, 0.717) is 18.7 Å². The highest BCUT2D eigenvalue weighted by Gasteiger charge is 2.23. The van der Waals surface area contributed by atoms with E-state index in [2.05, 4.69) is 19.2 Å². The number of hydrogen-bond acceptors (Lipinski definition) is 3. The minimum atomic E-state index is -3.61. The number of hydrogen-bond donors (Lipinski definition) is 1. The van der Waals surface area contributed by atoms with Gasteiger partial charge >= 0.3 is 0 Å². The summed E-state index contributed by atoms with van der Waals surface area (Å²) in [5, 5.41) is 2.96. The van der Waals surface area contributed by atoms with Gasteiger partial charge < -0.3 is 5.32 Å². The fourth-order valence-corrected chi connectivity index (χ4v) is 4.54. The standard InChI is InChI=1S/C21H28N2O3S/c1-6-23(7-2)27(25,26)18-12-9-11-17(14-18)21(24)22-20-16(5)10-8-13-19(20)15(3)4/h8-15H,6-7H2,1-5H3,(H,22,24). The molecule has 1 N–H and O–H groups in total. The number of benzene rings is 2. The Morgan fingerprint density at radius 1 is 1.07 bits per heavy atom. The molecule has 0 saturated carbocycles. The molecule has 0 aliphatic heterocycles. The van der Waals surface area contributed by atoms with E-state index in [4.69, 9.17) is 0 Å². The lowest BCUT2D eigenvalue weighted by Crippen LogP contribution is -2.30. The predicted molar refractivity (Wildman–Crippen MR) is 110 cm³/mol. The van der Waals surface area contributed by atoms with Gasteiger partial charge in [0.25, 0.3) is 5.91 Å². The summed E-state index contributed by atoms with van der Waals surface area (Å²) >= 11 is 0. The van der Waals surface area contributed by atoms with Gasteiger partial charge in [0, 0.05) is 24.3 Å². The van der Waals surface area contributed by atoms with Crippen LogP contribution in [0, 0.1) is 6.92 Å². The highest BCUT2D eigenvalue weighted by atomic mass is 32.2. The summed E-state index contributed by atoms with van der Waals surface area (Å²) in [5.74, 6) is -0.0580. The number of nitrogens with zero attached hydrogens (tertiary/aromatic N) is 1. The number of anilines is 1. The van der Waals surface area contributed by atoms with Gasteiger partial charge in [-0.3, -0.25) is 4.79 Å². The molecule has 27 heavy (non-hydrogen) atoms. The molecule has 0 aromatic heterocycles. The zero-order chi connectivity index (χ0) is 20.2. The number of carbonyl (C=O) groups is 1. The third-order valence-corrected chi connectivity index (χ3v) is 6.65. The lowest BCUT2D eigenvalue weighted by Gasteiger charge is -2.19. The van der Waals surface area contributed by atoms with E-state index in [9.17, 15) is 13.2 Å². The van der Waals surface area contributed by atoms with Crippen molar-refractivity contribution in [3.63, 3.8) is 0 Å². The van der Waals surface area contributed by atoms with Gasteiger partial charge in [0.1, 0.15) is 0 Å². The SMILES string of the molecule is CCN(CC)S(=O)(=O)c1cccc(C(=O)Nc2c(C)cccc2C(C)C)c1. The molecule has 5 nitrogen and oxygen atoms in total. The maximum atomic E-state index is 12.8. The molecule has 0 aliphatic carbocycles. The molecule has 0 spiro atoms. The lowest BCUT2D eigenvalue weighted by atomic mass is 9.98. The smallest absolute Gasteiger partial charge is 0.255 e. The van der Waals surface area contributed by atoms with Crippen LogP contribution in [0.4, 0.5) is 5.69 Å².